The Bertz CT molecular complexity index is 946. The lowest BCUT2D eigenvalue weighted by Crippen LogP contribution is -2.32. The minimum atomic E-state index is -1.21. The fourth-order valence-electron chi connectivity index (χ4n) is 3.29. The first-order valence-corrected chi connectivity index (χ1v) is 8.39. The maximum atomic E-state index is 10.4. The number of nitrogen functional groups attached to an aromatic ring is 1. The van der Waals surface area contributed by atoms with Crippen LogP contribution in [0.25, 0.3) is 16.6 Å². The summed E-state index contributed by atoms with van der Waals surface area (Å²) in [6.45, 7) is -0.404. The second-order valence-corrected chi connectivity index (χ2v) is 6.59. The molecule has 1 saturated heterocycles. The van der Waals surface area contributed by atoms with Gasteiger partial charge in [-0.1, -0.05) is 23.7 Å². The molecule has 0 saturated carbocycles. The zero-order valence-electron chi connectivity index (χ0n) is 13.5. The number of nitrogens with zero attached hydrogens (tertiary/aromatic N) is 3. The second-order valence-electron chi connectivity index (χ2n) is 6.15. The molecule has 1 aliphatic heterocycles. The lowest BCUT2D eigenvalue weighted by molar-refractivity contribution is -0.0244. The predicted molar refractivity (Wildman–Crippen MR) is 94.6 cm³/mol. The molecule has 136 valence electrons. The lowest BCUT2D eigenvalue weighted by Gasteiger charge is -2.14. The monoisotopic (exact) mass is 376 g/mol. The van der Waals surface area contributed by atoms with Gasteiger partial charge in [-0.3, -0.25) is 0 Å². The molecule has 9 heteroatoms. The van der Waals surface area contributed by atoms with Crippen molar-refractivity contribution < 1.29 is 20.1 Å². The van der Waals surface area contributed by atoms with Crippen LogP contribution in [0.5, 0.6) is 0 Å². The number of anilines is 1. The molecule has 1 aromatic carbocycles. The minimum Gasteiger partial charge on any atom is -0.394 e. The molecule has 0 radical (unpaired) electrons. The maximum absolute atomic E-state index is 10.4. The van der Waals surface area contributed by atoms with Crippen LogP contribution in [0.2, 0.25) is 5.02 Å². The van der Waals surface area contributed by atoms with Gasteiger partial charge in [0, 0.05) is 10.6 Å². The van der Waals surface area contributed by atoms with Crippen molar-refractivity contribution in [2.24, 2.45) is 0 Å². The van der Waals surface area contributed by atoms with E-state index in [-0.39, 0.29) is 5.82 Å². The molecule has 0 amide bonds. The van der Waals surface area contributed by atoms with E-state index in [2.05, 4.69) is 10.1 Å². The third-order valence-electron chi connectivity index (χ3n) is 4.60. The molecule has 26 heavy (non-hydrogen) atoms. The summed E-state index contributed by atoms with van der Waals surface area (Å²) in [5, 5.41) is 34.6. The van der Waals surface area contributed by atoms with Gasteiger partial charge in [0.1, 0.15) is 36.3 Å². The van der Waals surface area contributed by atoms with E-state index >= 15 is 0 Å². The molecule has 8 nitrogen and oxygen atoms in total. The number of hydrogen-bond acceptors (Lipinski definition) is 7. The Balaban J connectivity index is 1.89. The molecule has 2 aromatic heterocycles. The molecule has 5 N–H and O–H groups in total. The van der Waals surface area contributed by atoms with Gasteiger partial charge in [-0.05, 0) is 23.8 Å². The van der Waals surface area contributed by atoms with E-state index in [0.29, 0.717) is 16.2 Å². The number of ether oxygens (including phenoxy) is 1. The summed E-state index contributed by atoms with van der Waals surface area (Å²) in [5.74, 6) is 0.267. The number of aliphatic hydroxyl groups is 3. The maximum Gasteiger partial charge on any atom is 0.151 e. The summed E-state index contributed by atoms with van der Waals surface area (Å²) in [6.07, 6.45) is -2.85. The van der Waals surface area contributed by atoms with E-state index < -0.39 is 31.0 Å². The van der Waals surface area contributed by atoms with Gasteiger partial charge < -0.3 is 25.8 Å². The Hall–Kier alpha value is -2.23. The first-order valence-electron chi connectivity index (χ1n) is 8.01. The Morgan fingerprint density at radius 2 is 1.92 bits per heavy atom. The van der Waals surface area contributed by atoms with Crippen molar-refractivity contribution in [1.82, 2.24) is 14.6 Å². The Labute approximate surface area is 153 Å². The van der Waals surface area contributed by atoms with Crippen molar-refractivity contribution in [2.75, 3.05) is 12.3 Å². The molecule has 0 spiro atoms. The van der Waals surface area contributed by atoms with Crippen LogP contribution in [0.3, 0.4) is 0 Å². The van der Waals surface area contributed by atoms with Gasteiger partial charge in [-0.2, -0.15) is 5.10 Å². The Morgan fingerprint density at radius 3 is 2.58 bits per heavy atom. The van der Waals surface area contributed by atoms with Crippen molar-refractivity contribution in [3.63, 3.8) is 0 Å². The van der Waals surface area contributed by atoms with Crippen molar-refractivity contribution in [2.45, 2.75) is 24.4 Å². The molecule has 4 atom stereocenters. The molecule has 0 unspecified atom stereocenters. The summed E-state index contributed by atoms with van der Waals surface area (Å²) in [6, 6.07) is 8.97. The average Bonchev–Trinajstić information content (AvgIpc) is 3.15. The van der Waals surface area contributed by atoms with Gasteiger partial charge in [0.2, 0.25) is 0 Å². The third kappa shape index (κ3) is 2.63. The van der Waals surface area contributed by atoms with E-state index in [1.165, 1.54) is 10.8 Å². The smallest absolute Gasteiger partial charge is 0.151 e. The predicted octanol–water partition coefficient (Wildman–Crippen LogP) is 0.786. The van der Waals surface area contributed by atoms with E-state index in [1.54, 1.807) is 18.2 Å². The highest BCUT2D eigenvalue weighted by molar-refractivity contribution is 6.30. The molecular formula is C17H17ClN4O4. The van der Waals surface area contributed by atoms with Crippen LogP contribution in [0.15, 0.2) is 36.7 Å². The van der Waals surface area contributed by atoms with Gasteiger partial charge in [0.15, 0.2) is 5.82 Å². The molecule has 0 bridgehead atoms. The number of halogens is 1. The van der Waals surface area contributed by atoms with Crippen LogP contribution in [0.4, 0.5) is 5.82 Å². The van der Waals surface area contributed by atoms with Crippen LogP contribution >= 0.6 is 11.6 Å². The second kappa shape index (κ2) is 6.49. The number of hydrogen-bond donors (Lipinski definition) is 4. The summed E-state index contributed by atoms with van der Waals surface area (Å²) in [7, 11) is 0. The highest BCUT2D eigenvalue weighted by atomic mass is 35.5. The van der Waals surface area contributed by atoms with Gasteiger partial charge in [-0.15, -0.1) is 0 Å². The SMILES string of the molecule is Nc1ncnn2c([C@@H]3O[C@H](CO)[C@@H](O)[C@H]3O)cc(-c3ccc(Cl)cc3)c12. The number of aliphatic hydroxyl groups excluding tert-OH is 3. The van der Waals surface area contributed by atoms with Crippen LogP contribution < -0.4 is 5.73 Å². The number of nitrogens with two attached hydrogens (primary N) is 1. The van der Waals surface area contributed by atoms with E-state index in [0.717, 1.165) is 11.1 Å². The quantitative estimate of drug-likeness (QED) is 0.532. The summed E-state index contributed by atoms with van der Waals surface area (Å²) in [5.41, 5.74) is 8.70. The average molecular weight is 377 g/mol. The Kier molecular flexibility index (Phi) is 4.29. The molecule has 3 aromatic rings. The molecule has 1 aliphatic rings. The molecule has 1 fully saturated rings. The third-order valence-corrected chi connectivity index (χ3v) is 4.85. The summed E-state index contributed by atoms with van der Waals surface area (Å²) in [4.78, 5) is 4.04. The van der Waals surface area contributed by atoms with Gasteiger partial charge in [0.25, 0.3) is 0 Å². The van der Waals surface area contributed by atoms with Crippen LogP contribution in [-0.4, -0.2) is 54.8 Å². The molecular weight excluding hydrogens is 360 g/mol. The fourth-order valence-corrected chi connectivity index (χ4v) is 3.41. The van der Waals surface area contributed by atoms with E-state index in [4.69, 9.17) is 22.1 Å². The van der Waals surface area contributed by atoms with E-state index in [1.807, 2.05) is 12.1 Å². The first-order chi connectivity index (χ1) is 12.5. The summed E-state index contributed by atoms with van der Waals surface area (Å²) >= 11 is 5.97. The lowest BCUT2D eigenvalue weighted by atomic mass is 10.0. The van der Waals surface area contributed by atoms with Crippen LogP contribution in [0, 0.1) is 0 Å². The Morgan fingerprint density at radius 1 is 1.19 bits per heavy atom. The number of fused-ring (bicyclic) bond motifs is 1. The molecule has 0 aliphatic carbocycles. The van der Waals surface area contributed by atoms with Crippen molar-refractivity contribution >= 4 is 22.9 Å². The largest absolute Gasteiger partial charge is 0.394 e. The zero-order chi connectivity index (χ0) is 18.4. The minimum absolute atomic E-state index is 0.267. The number of rotatable bonds is 3. The van der Waals surface area contributed by atoms with Gasteiger partial charge in [-0.25, -0.2) is 9.50 Å². The zero-order valence-corrected chi connectivity index (χ0v) is 14.3. The van der Waals surface area contributed by atoms with Crippen LogP contribution in [0.1, 0.15) is 11.8 Å². The summed E-state index contributed by atoms with van der Waals surface area (Å²) < 4.78 is 7.18. The first kappa shape index (κ1) is 17.2. The van der Waals surface area contributed by atoms with Gasteiger partial charge in [0.05, 0.1) is 12.3 Å². The standard InChI is InChI=1S/C17H17ClN4O4/c18-9-3-1-8(2-4-9)10-5-11(22-13(10)17(19)20-7-21-22)16-15(25)14(24)12(6-23)26-16/h1-5,7,12,14-16,23-25H,6H2,(H2,19,20,21)/t12-,14-,15-,16+/m1/s1. The van der Waals surface area contributed by atoms with Crippen molar-refractivity contribution in [1.29, 1.82) is 0 Å². The molecule has 4 rings (SSSR count). The van der Waals surface area contributed by atoms with Crippen molar-refractivity contribution in [3.8, 4) is 11.1 Å². The number of aromatic nitrogens is 3. The van der Waals surface area contributed by atoms with Crippen LogP contribution in [-0.2, 0) is 4.74 Å². The normalized spacial score (nSPS) is 25.8. The van der Waals surface area contributed by atoms with Crippen molar-refractivity contribution in [3.05, 3.63) is 47.4 Å². The molecule has 3 heterocycles. The number of benzene rings is 1. The fraction of sp³-hybridized carbons (Fsp3) is 0.294. The van der Waals surface area contributed by atoms with E-state index in [9.17, 15) is 15.3 Å². The highest BCUT2D eigenvalue weighted by Crippen LogP contribution is 2.39. The highest BCUT2D eigenvalue weighted by Gasteiger charge is 2.44. The van der Waals surface area contributed by atoms with Gasteiger partial charge >= 0.3 is 0 Å². The topological polar surface area (TPSA) is 126 Å².